The van der Waals surface area contributed by atoms with Crippen molar-refractivity contribution in [3.8, 4) is 0 Å². The second-order valence-electron chi connectivity index (χ2n) is 4.98. The van der Waals surface area contributed by atoms with Gasteiger partial charge in [-0.3, -0.25) is 0 Å². The van der Waals surface area contributed by atoms with Crippen LogP contribution < -0.4 is 5.32 Å². The molecule has 0 spiro atoms. The third-order valence-corrected chi connectivity index (χ3v) is 4.70. The third-order valence-electron chi connectivity index (χ3n) is 3.60. The molecule has 4 heteroatoms. The predicted octanol–water partition coefficient (Wildman–Crippen LogP) is 3.25. The SMILES string of the molecule is c1ccc2c(SCCCC3CCCN3)ncnc2c1. The molecule has 1 atom stereocenters. The van der Waals surface area contributed by atoms with Crippen molar-refractivity contribution in [2.45, 2.75) is 36.8 Å². The Bertz CT molecular complexity index is 532. The quantitative estimate of drug-likeness (QED) is 0.515. The summed E-state index contributed by atoms with van der Waals surface area (Å²) >= 11 is 1.85. The summed E-state index contributed by atoms with van der Waals surface area (Å²) in [5.74, 6) is 1.14. The van der Waals surface area contributed by atoms with E-state index in [4.69, 9.17) is 0 Å². The van der Waals surface area contributed by atoms with Gasteiger partial charge in [0.25, 0.3) is 0 Å². The Morgan fingerprint density at radius 2 is 2.21 bits per heavy atom. The van der Waals surface area contributed by atoms with Crippen molar-refractivity contribution in [3.63, 3.8) is 0 Å². The van der Waals surface area contributed by atoms with Gasteiger partial charge in [0.2, 0.25) is 0 Å². The molecule has 0 saturated carbocycles. The Morgan fingerprint density at radius 1 is 1.26 bits per heavy atom. The summed E-state index contributed by atoms with van der Waals surface area (Å²) in [5.41, 5.74) is 1.04. The third kappa shape index (κ3) is 3.25. The van der Waals surface area contributed by atoms with Crippen molar-refractivity contribution in [1.29, 1.82) is 0 Å². The maximum absolute atomic E-state index is 4.41. The molecule has 0 radical (unpaired) electrons. The lowest BCUT2D eigenvalue weighted by molar-refractivity contribution is 0.553. The van der Waals surface area contributed by atoms with Crippen LogP contribution in [0.25, 0.3) is 10.9 Å². The number of aromatic nitrogens is 2. The number of thioether (sulfide) groups is 1. The summed E-state index contributed by atoms with van der Waals surface area (Å²) in [4.78, 5) is 8.71. The molecule has 1 unspecified atom stereocenters. The summed E-state index contributed by atoms with van der Waals surface area (Å²) in [7, 11) is 0. The summed E-state index contributed by atoms with van der Waals surface area (Å²) in [5, 5.41) is 5.84. The highest BCUT2D eigenvalue weighted by Gasteiger charge is 2.13. The average molecular weight is 273 g/mol. The van der Waals surface area contributed by atoms with Crippen LogP contribution in [0.2, 0.25) is 0 Å². The standard InChI is InChI=1S/C15H19N3S/c1-2-8-14-13(7-1)15(18-11-17-14)19-10-4-6-12-5-3-9-16-12/h1-2,7-8,11-12,16H,3-6,9-10H2. The minimum atomic E-state index is 0.753. The number of hydrogen-bond donors (Lipinski definition) is 1. The lowest BCUT2D eigenvalue weighted by Gasteiger charge is -2.09. The molecule has 2 heterocycles. The van der Waals surface area contributed by atoms with Crippen molar-refractivity contribution in [2.75, 3.05) is 12.3 Å². The van der Waals surface area contributed by atoms with Gasteiger partial charge in [-0.1, -0.05) is 18.2 Å². The van der Waals surface area contributed by atoms with Gasteiger partial charge in [0.1, 0.15) is 11.4 Å². The van der Waals surface area contributed by atoms with Crippen LogP contribution in [-0.2, 0) is 0 Å². The average Bonchev–Trinajstić information content (AvgIpc) is 2.97. The van der Waals surface area contributed by atoms with Gasteiger partial charge in [-0.25, -0.2) is 9.97 Å². The number of benzene rings is 1. The van der Waals surface area contributed by atoms with E-state index in [0.717, 1.165) is 22.3 Å². The van der Waals surface area contributed by atoms with Crippen molar-refractivity contribution >= 4 is 22.7 Å². The molecule has 0 aliphatic carbocycles. The highest BCUT2D eigenvalue weighted by Crippen LogP contribution is 2.25. The molecule has 1 aromatic heterocycles. The highest BCUT2D eigenvalue weighted by molar-refractivity contribution is 7.99. The second kappa shape index (κ2) is 6.35. The lowest BCUT2D eigenvalue weighted by atomic mass is 10.1. The zero-order chi connectivity index (χ0) is 12.9. The number of nitrogens with one attached hydrogen (secondary N) is 1. The first-order valence-electron chi connectivity index (χ1n) is 6.99. The topological polar surface area (TPSA) is 37.8 Å². The fourth-order valence-corrected chi connectivity index (χ4v) is 3.55. The molecular weight excluding hydrogens is 254 g/mol. The van der Waals surface area contributed by atoms with Crippen LogP contribution in [0.1, 0.15) is 25.7 Å². The van der Waals surface area contributed by atoms with E-state index in [-0.39, 0.29) is 0 Å². The zero-order valence-corrected chi connectivity index (χ0v) is 11.8. The fourth-order valence-electron chi connectivity index (χ4n) is 2.60. The molecule has 3 nitrogen and oxygen atoms in total. The van der Waals surface area contributed by atoms with Crippen molar-refractivity contribution in [3.05, 3.63) is 30.6 Å². The molecule has 0 amide bonds. The van der Waals surface area contributed by atoms with E-state index in [1.165, 1.54) is 37.6 Å². The molecule has 1 fully saturated rings. The molecule has 0 bridgehead atoms. The molecule has 1 aromatic carbocycles. The predicted molar refractivity (Wildman–Crippen MR) is 80.5 cm³/mol. The number of nitrogens with zero attached hydrogens (tertiary/aromatic N) is 2. The highest BCUT2D eigenvalue weighted by atomic mass is 32.2. The van der Waals surface area contributed by atoms with Gasteiger partial charge in [-0.05, 0) is 44.0 Å². The van der Waals surface area contributed by atoms with Gasteiger partial charge in [-0.2, -0.15) is 0 Å². The number of para-hydroxylation sites is 1. The number of fused-ring (bicyclic) bond motifs is 1. The van der Waals surface area contributed by atoms with Crippen LogP contribution in [0.4, 0.5) is 0 Å². The fraction of sp³-hybridized carbons (Fsp3) is 0.467. The Kier molecular flexibility index (Phi) is 4.30. The smallest absolute Gasteiger partial charge is 0.117 e. The Morgan fingerprint density at radius 3 is 3.11 bits per heavy atom. The molecule has 100 valence electrons. The van der Waals surface area contributed by atoms with Crippen molar-refractivity contribution < 1.29 is 0 Å². The molecule has 1 saturated heterocycles. The van der Waals surface area contributed by atoms with Crippen LogP contribution in [0.5, 0.6) is 0 Å². The number of rotatable bonds is 5. The van der Waals surface area contributed by atoms with Gasteiger partial charge in [0.15, 0.2) is 0 Å². The molecule has 3 rings (SSSR count). The van der Waals surface area contributed by atoms with Gasteiger partial charge in [0.05, 0.1) is 5.52 Å². The van der Waals surface area contributed by atoms with E-state index in [1.807, 2.05) is 23.9 Å². The Labute approximate surface area is 118 Å². The van der Waals surface area contributed by atoms with E-state index >= 15 is 0 Å². The summed E-state index contributed by atoms with van der Waals surface area (Å²) in [6.07, 6.45) is 6.90. The summed E-state index contributed by atoms with van der Waals surface area (Å²) in [6.45, 7) is 1.20. The van der Waals surface area contributed by atoms with Crippen LogP contribution in [0, 0.1) is 0 Å². The maximum Gasteiger partial charge on any atom is 0.117 e. The zero-order valence-electron chi connectivity index (χ0n) is 11.0. The molecule has 1 N–H and O–H groups in total. The maximum atomic E-state index is 4.41. The van der Waals surface area contributed by atoms with E-state index in [9.17, 15) is 0 Å². The summed E-state index contributed by atoms with van der Waals surface area (Å²) < 4.78 is 0. The molecule has 2 aromatic rings. The minimum Gasteiger partial charge on any atom is -0.314 e. The van der Waals surface area contributed by atoms with Crippen molar-refractivity contribution in [1.82, 2.24) is 15.3 Å². The number of hydrogen-bond acceptors (Lipinski definition) is 4. The molecular formula is C15H19N3S. The minimum absolute atomic E-state index is 0.753. The lowest BCUT2D eigenvalue weighted by Crippen LogP contribution is -2.20. The molecule has 1 aliphatic rings. The van der Waals surface area contributed by atoms with Crippen LogP contribution in [0.15, 0.2) is 35.6 Å². The van der Waals surface area contributed by atoms with E-state index < -0.39 is 0 Å². The Hall–Kier alpha value is -1.13. The van der Waals surface area contributed by atoms with Gasteiger partial charge in [0, 0.05) is 11.4 Å². The van der Waals surface area contributed by atoms with Gasteiger partial charge < -0.3 is 5.32 Å². The monoisotopic (exact) mass is 273 g/mol. The molecule has 1 aliphatic heterocycles. The Balaban J connectivity index is 1.56. The van der Waals surface area contributed by atoms with E-state index in [0.29, 0.717) is 0 Å². The first kappa shape index (κ1) is 12.9. The molecule has 19 heavy (non-hydrogen) atoms. The largest absolute Gasteiger partial charge is 0.314 e. The van der Waals surface area contributed by atoms with Gasteiger partial charge >= 0.3 is 0 Å². The van der Waals surface area contributed by atoms with Crippen LogP contribution >= 0.6 is 11.8 Å². The van der Waals surface area contributed by atoms with Gasteiger partial charge in [-0.15, -0.1) is 11.8 Å². The van der Waals surface area contributed by atoms with Crippen LogP contribution in [-0.4, -0.2) is 28.3 Å². The van der Waals surface area contributed by atoms with Crippen molar-refractivity contribution in [2.24, 2.45) is 0 Å². The summed E-state index contributed by atoms with van der Waals surface area (Å²) in [6, 6.07) is 8.98. The normalized spacial score (nSPS) is 19.1. The second-order valence-corrected chi connectivity index (χ2v) is 6.06. The van der Waals surface area contributed by atoms with E-state index in [2.05, 4.69) is 27.4 Å². The first-order chi connectivity index (χ1) is 9.43. The van der Waals surface area contributed by atoms with E-state index in [1.54, 1.807) is 6.33 Å². The van der Waals surface area contributed by atoms with Crippen LogP contribution in [0.3, 0.4) is 0 Å². The first-order valence-corrected chi connectivity index (χ1v) is 7.98.